The van der Waals surface area contributed by atoms with Gasteiger partial charge in [-0.05, 0) is 51.4 Å². The molecule has 2 bridgehead atoms. The summed E-state index contributed by atoms with van der Waals surface area (Å²) in [6.45, 7) is 0.0678. The maximum atomic E-state index is 13.1. The number of anilines is 2. The lowest BCUT2D eigenvalue weighted by atomic mass is 9.77. The van der Waals surface area contributed by atoms with Gasteiger partial charge >= 0.3 is 0 Å². The van der Waals surface area contributed by atoms with E-state index >= 15 is 0 Å². The number of nitrogens with zero attached hydrogens (tertiary/aromatic N) is 5. The van der Waals surface area contributed by atoms with Crippen molar-refractivity contribution in [2.45, 2.75) is 91.0 Å². The topological polar surface area (TPSA) is 104 Å². The van der Waals surface area contributed by atoms with Crippen LogP contribution in [0.5, 0.6) is 0 Å². The highest BCUT2D eigenvalue weighted by atomic mass is 35.5. The minimum atomic E-state index is -1.06. The zero-order valence-corrected chi connectivity index (χ0v) is 19.9. The van der Waals surface area contributed by atoms with E-state index in [0.29, 0.717) is 34.8 Å². The summed E-state index contributed by atoms with van der Waals surface area (Å²) >= 11 is 5.99. The van der Waals surface area contributed by atoms with E-state index in [1.807, 2.05) is 0 Å². The van der Waals surface area contributed by atoms with Crippen molar-refractivity contribution < 1.29 is 9.32 Å². The summed E-state index contributed by atoms with van der Waals surface area (Å²) in [6.07, 6.45) is 11.4. The van der Waals surface area contributed by atoms with Gasteiger partial charge in [-0.3, -0.25) is 4.21 Å². The highest BCUT2D eigenvalue weighted by Crippen LogP contribution is 2.56. The van der Waals surface area contributed by atoms with Crippen LogP contribution >= 0.6 is 11.6 Å². The Balaban J connectivity index is 1.23. The van der Waals surface area contributed by atoms with E-state index in [1.165, 1.54) is 0 Å². The van der Waals surface area contributed by atoms with Crippen molar-refractivity contribution in [2.75, 3.05) is 16.8 Å². The molecule has 174 valence electrons. The molecule has 0 radical (unpaired) electrons. The first kappa shape index (κ1) is 20.5. The summed E-state index contributed by atoms with van der Waals surface area (Å²) in [5, 5.41) is 14.3. The molecule has 10 heteroatoms. The second-order valence-corrected chi connectivity index (χ2v) is 12.4. The molecule has 5 atom stereocenters. The van der Waals surface area contributed by atoms with E-state index in [-0.39, 0.29) is 17.4 Å². The van der Waals surface area contributed by atoms with Gasteiger partial charge in [-0.2, -0.15) is 4.98 Å². The zero-order valence-electron chi connectivity index (χ0n) is 18.3. The van der Waals surface area contributed by atoms with Crippen molar-refractivity contribution >= 4 is 34.2 Å². The number of aliphatic hydroxyl groups is 1. The monoisotopic (exact) mass is 486 g/mol. The van der Waals surface area contributed by atoms with Gasteiger partial charge in [0, 0.05) is 41.6 Å². The Bertz CT molecular complexity index is 1120. The average Bonchev–Trinajstić information content (AvgIpc) is 3.49. The van der Waals surface area contributed by atoms with Crippen LogP contribution in [0.4, 0.5) is 11.8 Å². The first-order valence-corrected chi connectivity index (χ1v) is 13.6. The maximum Gasteiger partial charge on any atom is 0.228 e. The Labute approximate surface area is 200 Å². The standard InChI is InChI=1S/C23H27ClN6O2S/c24-13-9-25-20(26-10-13)12-6-14-2-3-15(7-12)30(14)22-27-18-16-8-17(16)33(32)19(18)21(28-22)29-23(11-31)4-1-5-23/h9-10,12,14-17,31H,1-8,11H2,(H,27,28,29)/t12?,14?,15?,16?,17?,33-/m1/s1. The van der Waals surface area contributed by atoms with Crippen LogP contribution < -0.4 is 10.2 Å². The number of aromatic nitrogens is 4. The van der Waals surface area contributed by atoms with Gasteiger partial charge in [-0.25, -0.2) is 15.0 Å². The summed E-state index contributed by atoms with van der Waals surface area (Å²) in [5.41, 5.74) is 0.634. The third-order valence-corrected chi connectivity index (χ3v) is 10.5. The summed E-state index contributed by atoms with van der Waals surface area (Å²) in [6, 6.07) is 0.688. The van der Waals surface area contributed by atoms with Crippen molar-refractivity contribution in [3.63, 3.8) is 0 Å². The van der Waals surface area contributed by atoms with Gasteiger partial charge in [-0.15, -0.1) is 0 Å². The molecule has 4 unspecified atom stereocenters. The summed E-state index contributed by atoms with van der Waals surface area (Å²) in [4.78, 5) is 22.2. The number of hydrogen-bond acceptors (Lipinski definition) is 8. The van der Waals surface area contributed by atoms with Gasteiger partial charge in [0.05, 0.1) is 33.7 Å². The maximum absolute atomic E-state index is 13.1. The van der Waals surface area contributed by atoms with Gasteiger partial charge < -0.3 is 15.3 Å². The minimum absolute atomic E-state index is 0.0678. The SMILES string of the molecule is O=[S@]1c2c(NC3(CO)CCC3)nc(N3C4CCC3CC(c3ncc(Cl)cn3)C4)nc2C2CC21. The highest BCUT2D eigenvalue weighted by Gasteiger charge is 2.55. The lowest BCUT2D eigenvalue weighted by molar-refractivity contribution is 0.143. The first-order chi connectivity index (χ1) is 16.0. The Morgan fingerprint density at radius 1 is 1.15 bits per heavy atom. The van der Waals surface area contributed by atoms with Crippen molar-refractivity contribution in [1.29, 1.82) is 0 Å². The lowest BCUT2D eigenvalue weighted by Gasteiger charge is -2.42. The molecule has 5 aliphatic rings. The molecule has 2 aromatic rings. The van der Waals surface area contributed by atoms with Gasteiger partial charge in [0.15, 0.2) is 0 Å². The van der Waals surface area contributed by atoms with Gasteiger partial charge in [0.2, 0.25) is 5.95 Å². The molecule has 2 aliphatic carbocycles. The van der Waals surface area contributed by atoms with Gasteiger partial charge in [0.1, 0.15) is 16.5 Å². The molecule has 7 rings (SSSR count). The van der Waals surface area contributed by atoms with Gasteiger partial charge in [0.25, 0.3) is 0 Å². The van der Waals surface area contributed by atoms with Crippen LogP contribution in [-0.4, -0.2) is 58.7 Å². The molecule has 2 N–H and O–H groups in total. The third-order valence-electron chi connectivity index (χ3n) is 8.41. The molecule has 2 saturated carbocycles. The van der Waals surface area contributed by atoms with Crippen LogP contribution in [-0.2, 0) is 10.8 Å². The minimum Gasteiger partial charge on any atom is -0.394 e. The van der Waals surface area contributed by atoms with Crippen LogP contribution in [0.2, 0.25) is 5.02 Å². The number of nitrogens with one attached hydrogen (secondary N) is 1. The predicted octanol–water partition coefficient (Wildman–Crippen LogP) is 3.14. The second-order valence-electron chi connectivity index (χ2n) is 10.4. The number of aliphatic hydroxyl groups excluding tert-OH is 1. The van der Waals surface area contributed by atoms with E-state index in [4.69, 9.17) is 21.6 Å². The fraction of sp³-hybridized carbons (Fsp3) is 0.652. The van der Waals surface area contributed by atoms with E-state index in [0.717, 1.165) is 73.7 Å². The third kappa shape index (κ3) is 3.15. The van der Waals surface area contributed by atoms with Gasteiger partial charge in [-0.1, -0.05) is 11.6 Å². The molecule has 4 fully saturated rings. The molecule has 2 saturated heterocycles. The number of rotatable bonds is 5. The Hall–Kier alpha value is -1.84. The molecule has 0 aromatic carbocycles. The van der Waals surface area contributed by atoms with E-state index in [1.54, 1.807) is 12.4 Å². The molecule has 3 aliphatic heterocycles. The van der Waals surface area contributed by atoms with Crippen molar-refractivity contribution in [2.24, 2.45) is 0 Å². The zero-order chi connectivity index (χ0) is 22.3. The Morgan fingerprint density at radius 2 is 1.88 bits per heavy atom. The van der Waals surface area contributed by atoms with E-state index in [9.17, 15) is 9.32 Å². The first-order valence-electron chi connectivity index (χ1n) is 12.0. The number of fused-ring (bicyclic) bond motifs is 5. The molecule has 2 aromatic heterocycles. The van der Waals surface area contributed by atoms with Crippen molar-refractivity contribution in [1.82, 2.24) is 19.9 Å². The lowest BCUT2D eigenvalue weighted by Crippen LogP contribution is -2.49. The number of halogens is 1. The summed E-state index contributed by atoms with van der Waals surface area (Å²) < 4.78 is 13.1. The largest absolute Gasteiger partial charge is 0.394 e. The van der Waals surface area contributed by atoms with E-state index < -0.39 is 10.8 Å². The molecular formula is C23H27ClN6O2S. The van der Waals surface area contributed by atoms with Crippen LogP contribution in [0.15, 0.2) is 17.3 Å². The van der Waals surface area contributed by atoms with Crippen molar-refractivity contribution in [3.8, 4) is 0 Å². The molecule has 0 spiro atoms. The summed E-state index contributed by atoms with van der Waals surface area (Å²) in [7, 11) is -1.06. The van der Waals surface area contributed by atoms with Crippen LogP contribution in [0, 0.1) is 0 Å². The van der Waals surface area contributed by atoms with Crippen LogP contribution in [0.25, 0.3) is 0 Å². The fourth-order valence-electron chi connectivity index (χ4n) is 6.38. The number of hydrogen-bond donors (Lipinski definition) is 2. The van der Waals surface area contributed by atoms with Crippen LogP contribution in [0.3, 0.4) is 0 Å². The fourth-order valence-corrected chi connectivity index (χ4v) is 8.28. The predicted molar refractivity (Wildman–Crippen MR) is 125 cm³/mol. The smallest absolute Gasteiger partial charge is 0.228 e. The molecule has 0 amide bonds. The second kappa shape index (κ2) is 7.33. The van der Waals surface area contributed by atoms with Crippen molar-refractivity contribution in [3.05, 3.63) is 28.9 Å². The normalized spacial score (nSPS) is 35.0. The average molecular weight is 487 g/mol. The Kier molecular flexibility index (Phi) is 4.56. The molecule has 33 heavy (non-hydrogen) atoms. The highest BCUT2D eigenvalue weighted by molar-refractivity contribution is 7.86. The molecule has 8 nitrogen and oxygen atoms in total. The number of piperidine rings is 1. The molecular weight excluding hydrogens is 460 g/mol. The van der Waals surface area contributed by atoms with E-state index in [2.05, 4.69) is 20.2 Å². The quantitative estimate of drug-likeness (QED) is 0.664. The summed E-state index contributed by atoms with van der Waals surface area (Å²) in [5.74, 6) is 2.94. The Morgan fingerprint density at radius 3 is 2.52 bits per heavy atom. The molecule has 5 heterocycles. The van der Waals surface area contributed by atoms with Crippen LogP contribution in [0.1, 0.15) is 74.7 Å².